The predicted octanol–water partition coefficient (Wildman–Crippen LogP) is 0.523. The van der Waals surface area contributed by atoms with Gasteiger partial charge >= 0.3 is 0 Å². The molecule has 84 valence electrons. The van der Waals surface area contributed by atoms with Gasteiger partial charge in [0.05, 0.1) is 0 Å². The minimum absolute atomic E-state index is 0.127. The average molecular weight is 220 g/mol. The van der Waals surface area contributed by atoms with E-state index in [4.69, 9.17) is 0 Å². The molecular formula is C11H12N2O3. The average Bonchev–Trinajstić information content (AvgIpc) is 2.21. The molecule has 0 radical (unpaired) electrons. The van der Waals surface area contributed by atoms with Crippen LogP contribution in [-0.4, -0.2) is 24.2 Å². The molecule has 1 aliphatic heterocycles. The Balaban J connectivity index is 2.99. The molecule has 0 unspecified atom stereocenters. The van der Waals surface area contributed by atoms with Crippen LogP contribution in [0.2, 0.25) is 0 Å². The van der Waals surface area contributed by atoms with Crippen molar-refractivity contribution in [2.75, 3.05) is 0 Å². The number of rotatable bonds is 3. The summed E-state index contributed by atoms with van der Waals surface area (Å²) in [5.74, 6) is 0.0937. The van der Waals surface area contributed by atoms with Crippen LogP contribution in [0.25, 0.3) is 0 Å². The Kier molecular flexibility index (Phi) is 4.32. The van der Waals surface area contributed by atoms with Gasteiger partial charge in [-0.15, -0.1) is 0 Å². The Bertz CT molecular complexity index is 405. The molecule has 0 saturated heterocycles. The number of allylic oxidation sites excluding steroid dienone is 3. The number of nitrogens with one attached hydrogen (secondary N) is 1. The summed E-state index contributed by atoms with van der Waals surface area (Å²) >= 11 is 0. The molecule has 0 spiro atoms. The van der Waals surface area contributed by atoms with E-state index >= 15 is 0 Å². The third-order valence-electron chi connectivity index (χ3n) is 1.93. The lowest BCUT2D eigenvalue weighted by Gasteiger charge is -2.06. The van der Waals surface area contributed by atoms with Crippen molar-refractivity contribution in [2.45, 2.75) is 19.8 Å². The van der Waals surface area contributed by atoms with E-state index < -0.39 is 0 Å². The number of nitrogens with zero attached hydrogens (tertiary/aromatic N) is 1. The third-order valence-corrected chi connectivity index (χ3v) is 1.93. The molecule has 0 saturated carbocycles. The first-order valence-corrected chi connectivity index (χ1v) is 4.83. The summed E-state index contributed by atoms with van der Waals surface area (Å²) < 4.78 is 0. The Morgan fingerprint density at radius 2 is 2.19 bits per heavy atom. The molecular weight excluding hydrogens is 208 g/mol. The fourth-order valence-corrected chi connectivity index (χ4v) is 1.27. The van der Waals surface area contributed by atoms with Gasteiger partial charge in [0.1, 0.15) is 17.8 Å². The van der Waals surface area contributed by atoms with E-state index in [0.717, 1.165) is 0 Å². The summed E-state index contributed by atoms with van der Waals surface area (Å²) in [4.78, 5) is 36.1. The van der Waals surface area contributed by atoms with Gasteiger partial charge in [-0.2, -0.15) is 0 Å². The summed E-state index contributed by atoms with van der Waals surface area (Å²) in [5.41, 5.74) is 0.644. The number of amides is 1. The van der Waals surface area contributed by atoms with Gasteiger partial charge in [-0.25, -0.2) is 4.99 Å². The number of hydrogen-bond acceptors (Lipinski definition) is 4. The molecule has 5 heteroatoms. The molecule has 0 aromatic rings. The van der Waals surface area contributed by atoms with Gasteiger partial charge in [0.25, 0.3) is 0 Å². The van der Waals surface area contributed by atoms with Gasteiger partial charge in [-0.1, -0.05) is 0 Å². The van der Waals surface area contributed by atoms with Crippen molar-refractivity contribution < 1.29 is 14.4 Å². The molecule has 0 aromatic heterocycles. The third kappa shape index (κ3) is 3.61. The maximum Gasteiger partial charge on any atom is 0.222 e. The van der Waals surface area contributed by atoms with E-state index in [1.807, 2.05) is 0 Å². The van der Waals surface area contributed by atoms with Crippen LogP contribution in [0.5, 0.6) is 0 Å². The van der Waals surface area contributed by atoms with Gasteiger partial charge in [0, 0.05) is 6.92 Å². The molecule has 1 aliphatic rings. The van der Waals surface area contributed by atoms with E-state index in [1.54, 1.807) is 6.08 Å². The highest BCUT2D eigenvalue weighted by Gasteiger charge is 2.06. The summed E-state index contributed by atoms with van der Waals surface area (Å²) in [5, 5.41) is 2.50. The Morgan fingerprint density at radius 1 is 1.44 bits per heavy atom. The maximum atomic E-state index is 10.8. The highest BCUT2D eigenvalue weighted by molar-refractivity contribution is 6.34. The number of carbonyl (C=O) groups is 3. The van der Waals surface area contributed by atoms with Crippen LogP contribution in [0.1, 0.15) is 19.8 Å². The van der Waals surface area contributed by atoms with Crippen molar-refractivity contribution in [3.8, 4) is 0 Å². The zero-order valence-corrected chi connectivity index (χ0v) is 8.90. The zero-order chi connectivity index (χ0) is 12.0. The van der Waals surface area contributed by atoms with Gasteiger partial charge in [0.2, 0.25) is 5.91 Å². The second-order valence-electron chi connectivity index (χ2n) is 3.30. The smallest absolute Gasteiger partial charge is 0.222 e. The number of hydrogen-bond donors (Lipinski definition) is 1. The van der Waals surface area contributed by atoms with E-state index in [0.29, 0.717) is 36.8 Å². The van der Waals surface area contributed by atoms with Crippen molar-refractivity contribution in [2.24, 2.45) is 4.99 Å². The molecule has 1 amide bonds. The lowest BCUT2D eigenvalue weighted by Crippen LogP contribution is -2.19. The van der Waals surface area contributed by atoms with Crippen LogP contribution in [0.4, 0.5) is 0 Å². The predicted molar refractivity (Wildman–Crippen MR) is 58.8 cm³/mol. The second-order valence-corrected chi connectivity index (χ2v) is 3.30. The molecule has 0 atom stereocenters. The zero-order valence-electron chi connectivity index (χ0n) is 8.90. The molecule has 0 bridgehead atoms. The number of aldehydes is 2. The molecule has 5 nitrogen and oxygen atoms in total. The molecule has 0 fully saturated rings. The van der Waals surface area contributed by atoms with Gasteiger partial charge < -0.3 is 5.32 Å². The van der Waals surface area contributed by atoms with E-state index in [-0.39, 0.29) is 11.6 Å². The fourth-order valence-electron chi connectivity index (χ4n) is 1.27. The van der Waals surface area contributed by atoms with Crippen LogP contribution in [0, 0.1) is 0 Å². The molecule has 1 rings (SSSR count). The van der Waals surface area contributed by atoms with Crippen LogP contribution in [0.3, 0.4) is 0 Å². The fraction of sp³-hybridized carbons (Fsp3) is 0.273. The molecule has 16 heavy (non-hydrogen) atoms. The van der Waals surface area contributed by atoms with Gasteiger partial charge in [-0.3, -0.25) is 14.4 Å². The quantitative estimate of drug-likeness (QED) is 0.704. The topological polar surface area (TPSA) is 75.6 Å². The SMILES string of the molecule is CC(=O)NC1=CCCC(C=O)=CC(C=O)=N1. The van der Waals surface area contributed by atoms with Crippen molar-refractivity contribution in [1.82, 2.24) is 5.32 Å². The van der Waals surface area contributed by atoms with Crippen molar-refractivity contribution in [3.05, 3.63) is 23.5 Å². The number of carbonyl (C=O) groups excluding carboxylic acids is 3. The van der Waals surface area contributed by atoms with E-state index in [9.17, 15) is 14.4 Å². The normalized spacial score (nSPS) is 15.9. The van der Waals surface area contributed by atoms with Crippen LogP contribution in [0.15, 0.2) is 28.5 Å². The summed E-state index contributed by atoms with van der Waals surface area (Å²) in [6.45, 7) is 1.36. The largest absolute Gasteiger partial charge is 0.311 e. The number of aliphatic imine (C=N–C) groups is 1. The second kappa shape index (κ2) is 5.75. The maximum absolute atomic E-state index is 10.8. The Hall–Kier alpha value is -2.04. The van der Waals surface area contributed by atoms with Crippen LogP contribution >= 0.6 is 0 Å². The van der Waals surface area contributed by atoms with Crippen LogP contribution < -0.4 is 5.32 Å². The minimum atomic E-state index is -0.250. The molecule has 0 aliphatic carbocycles. The first kappa shape index (κ1) is 12.0. The monoisotopic (exact) mass is 220 g/mol. The summed E-state index contributed by atoms with van der Waals surface area (Å²) in [7, 11) is 0. The lowest BCUT2D eigenvalue weighted by atomic mass is 10.1. The van der Waals surface area contributed by atoms with Crippen molar-refractivity contribution >= 4 is 24.2 Å². The summed E-state index contributed by atoms with van der Waals surface area (Å²) in [6, 6.07) is 0. The summed E-state index contributed by atoms with van der Waals surface area (Å²) in [6.07, 6.45) is 5.48. The van der Waals surface area contributed by atoms with Crippen molar-refractivity contribution in [1.29, 1.82) is 0 Å². The molecule has 1 N–H and O–H groups in total. The Labute approximate surface area is 92.9 Å². The van der Waals surface area contributed by atoms with Gasteiger partial charge in [-0.05, 0) is 30.6 Å². The van der Waals surface area contributed by atoms with Gasteiger partial charge in [0.15, 0.2) is 6.29 Å². The minimum Gasteiger partial charge on any atom is -0.311 e. The first-order valence-electron chi connectivity index (χ1n) is 4.83. The highest BCUT2D eigenvalue weighted by Crippen LogP contribution is 2.09. The molecule has 1 heterocycles. The molecule has 0 aromatic carbocycles. The highest BCUT2D eigenvalue weighted by atomic mass is 16.1. The standard InChI is InChI=1S/C11H12N2O3/c1-8(16)12-11-4-2-3-9(6-14)5-10(7-15)13-11/h4-7H,2-3H2,1H3,(H,12,16). The Morgan fingerprint density at radius 3 is 2.75 bits per heavy atom. The first-order chi connectivity index (χ1) is 7.65. The van der Waals surface area contributed by atoms with E-state index in [1.165, 1.54) is 13.0 Å². The lowest BCUT2D eigenvalue weighted by molar-refractivity contribution is -0.118. The van der Waals surface area contributed by atoms with Crippen molar-refractivity contribution in [3.63, 3.8) is 0 Å². The van der Waals surface area contributed by atoms with E-state index in [2.05, 4.69) is 10.3 Å². The van der Waals surface area contributed by atoms with Crippen LogP contribution in [-0.2, 0) is 14.4 Å².